The van der Waals surface area contributed by atoms with E-state index in [-0.39, 0.29) is 5.91 Å². The molecule has 0 bridgehead atoms. The van der Waals surface area contributed by atoms with Crippen LogP contribution in [0.15, 0.2) is 48.5 Å². The number of aryl methyl sites for hydroxylation is 1. The summed E-state index contributed by atoms with van der Waals surface area (Å²) < 4.78 is 5.69. The molecule has 0 aromatic heterocycles. The van der Waals surface area contributed by atoms with Crippen LogP contribution in [0.4, 0.5) is 5.69 Å². The van der Waals surface area contributed by atoms with Crippen molar-refractivity contribution in [2.75, 3.05) is 11.9 Å². The highest BCUT2D eigenvalue weighted by Crippen LogP contribution is 2.16. The van der Waals surface area contributed by atoms with Gasteiger partial charge in [-0.25, -0.2) is 0 Å². The van der Waals surface area contributed by atoms with Gasteiger partial charge < -0.3 is 10.1 Å². The Hall–Kier alpha value is -2.29. The van der Waals surface area contributed by atoms with Crippen molar-refractivity contribution in [2.45, 2.75) is 27.2 Å². The van der Waals surface area contributed by atoms with Gasteiger partial charge in [0, 0.05) is 11.3 Å². The Kier molecular flexibility index (Phi) is 5.59. The highest BCUT2D eigenvalue weighted by Gasteiger charge is 2.07. The van der Waals surface area contributed by atoms with E-state index >= 15 is 0 Å². The lowest BCUT2D eigenvalue weighted by Crippen LogP contribution is -2.12. The number of ether oxygens (including phenoxy) is 1. The summed E-state index contributed by atoms with van der Waals surface area (Å²) in [5, 5.41) is 2.89. The lowest BCUT2D eigenvalue weighted by atomic mass is 10.1. The van der Waals surface area contributed by atoms with E-state index in [9.17, 15) is 4.79 Å². The van der Waals surface area contributed by atoms with Gasteiger partial charge in [-0.2, -0.15) is 0 Å². The number of rotatable bonds is 6. The second kappa shape index (κ2) is 7.64. The SMILES string of the molecule is Cc1ccc(NC(=O)c2cccc(OCCC(C)C)c2)cc1. The van der Waals surface area contributed by atoms with E-state index in [1.807, 2.05) is 43.3 Å². The molecule has 0 atom stereocenters. The van der Waals surface area contributed by atoms with Crippen molar-refractivity contribution in [1.82, 2.24) is 0 Å². The van der Waals surface area contributed by atoms with Gasteiger partial charge in [0.15, 0.2) is 0 Å². The maximum Gasteiger partial charge on any atom is 0.255 e. The maximum atomic E-state index is 12.3. The Morgan fingerprint density at radius 3 is 2.55 bits per heavy atom. The normalized spacial score (nSPS) is 10.5. The largest absolute Gasteiger partial charge is 0.494 e. The molecule has 0 aliphatic rings. The van der Waals surface area contributed by atoms with Gasteiger partial charge in [0.1, 0.15) is 5.75 Å². The molecule has 0 aliphatic carbocycles. The summed E-state index contributed by atoms with van der Waals surface area (Å²) in [5.74, 6) is 1.21. The topological polar surface area (TPSA) is 38.3 Å². The van der Waals surface area contributed by atoms with Gasteiger partial charge in [0.25, 0.3) is 5.91 Å². The average molecular weight is 297 g/mol. The predicted molar refractivity (Wildman–Crippen MR) is 90.5 cm³/mol. The van der Waals surface area contributed by atoms with E-state index in [2.05, 4.69) is 19.2 Å². The van der Waals surface area contributed by atoms with Crippen LogP contribution in [0.1, 0.15) is 36.2 Å². The molecule has 22 heavy (non-hydrogen) atoms. The van der Waals surface area contributed by atoms with Crippen LogP contribution < -0.4 is 10.1 Å². The zero-order chi connectivity index (χ0) is 15.9. The zero-order valence-electron chi connectivity index (χ0n) is 13.4. The smallest absolute Gasteiger partial charge is 0.255 e. The van der Waals surface area contributed by atoms with Crippen molar-refractivity contribution in [3.05, 3.63) is 59.7 Å². The molecule has 0 heterocycles. The Morgan fingerprint density at radius 1 is 1.14 bits per heavy atom. The summed E-state index contributed by atoms with van der Waals surface area (Å²) in [7, 11) is 0. The molecule has 2 aromatic carbocycles. The minimum Gasteiger partial charge on any atom is -0.494 e. The zero-order valence-corrected chi connectivity index (χ0v) is 13.4. The molecule has 2 rings (SSSR count). The second-order valence-electron chi connectivity index (χ2n) is 5.88. The van der Waals surface area contributed by atoms with Gasteiger partial charge in [-0.3, -0.25) is 4.79 Å². The van der Waals surface area contributed by atoms with Crippen LogP contribution in [0.3, 0.4) is 0 Å². The number of amides is 1. The first-order chi connectivity index (χ1) is 10.5. The lowest BCUT2D eigenvalue weighted by Gasteiger charge is -2.10. The van der Waals surface area contributed by atoms with Crippen LogP contribution in [-0.4, -0.2) is 12.5 Å². The van der Waals surface area contributed by atoms with Crippen molar-refractivity contribution in [3.63, 3.8) is 0 Å². The van der Waals surface area contributed by atoms with Crippen molar-refractivity contribution in [2.24, 2.45) is 5.92 Å². The fourth-order valence-corrected chi connectivity index (χ4v) is 1.98. The van der Waals surface area contributed by atoms with Crippen LogP contribution in [-0.2, 0) is 0 Å². The van der Waals surface area contributed by atoms with Gasteiger partial charge >= 0.3 is 0 Å². The molecule has 3 nitrogen and oxygen atoms in total. The van der Waals surface area contributed by atoms with E-state index in [0.29, 0.717) is 18.1 Å². The molecule has 0 spiro atoms. The highest BCUT2D eigenvalue weighted by atomic mass is 16.5. The van der Waals surface area contributed by atoms with Crippen molar-refractivity contribution < 1.29 is 9.53 Å². The number of benzene rings is 2. The van der Waals surface area contributed by atoms with Crippen molar-refractivity contribution in [3.8, 4) is 5.75 Å². The minimum atomic E-state index is -0.127. The summed E-state index contributed by atoms with van der Waals surface area (Å²) in [6.45, 7) is 7.01. The predicted octanol–water partition coefficient (Wildman–Crippen LogP) is 4.67. The molecule has 2 aromatic rings. The molecule has 3 heteroatoms. The first-order valence-electron chi connectivity index (χ1n) is 7.65. The van der Waals surface area contributed by atoms with E-state index in [1.165, 1.54) is 5.56 Å². The van der Waals surface area contributed by atoms with Gasteiger partial charge in [-0.1, -0.05) is 37.6 Å². The van der Waals surface area contributed by atoms with Crippen molar-refractivity contribution in [1.29, 1.82) is 0 Å². The fraction of sp³-hybridized carbons (Fsp3) is 0.316. The summed E-state index contributed by atoms with van der Waals surface area (Å²) in [6.07, 6.45) is 1.000. The average Bonchev–Trinajstić information content (AvgIpc) is 2.49. The van der Waals surface area contributed by atoms with E-state index in [1.54, 1.807) is 12.1 Å². The fourth-order valence-electron chi connectivity index (χ4n) is 1.98. The van der Waals surface area contributed by atoms with Gasteiger partial charge in [0.05, 0.1) is 6.61 Å². The van der Waals surface area contributed by atoms with Gasteiger partial charge in [0.2, 0.25) is 0 Å². The van der Waals surface area contributed by atoms with Crippen LogP contribution in [0.25, 0.3) is 0 Å². The maximum absolute atomic E-state index is 12.3. The van der Waals surface area contributed by atoms with E-state index in [4.69, 9.17) is 4.74 Å². The van der Waals surface area contributed by atoms with E-state index in [0.717, 1.165) is 17.9 Å². The lowest BCUT2D eigenvalue weighted by molar-refractivity contribution is 0.102. The van der Waals surface area contributed by atoms with Crippen LogP contribution >= 0.6 is 0 Å². The Balaban J connectivity index is 1.99. The molecular formula is C19H23NO2. The molecule has 116 valence electrons. The van der Waals surface area contributed by atoms with Gasteiger partial charge in [-0.15, -0.1) is 0 Å². The van der Waals surface area contributed by atoms with Gasteiger partial charge in [-0.05, 0) is 49.6 Å². The monoisotopic (exact) mass is 297 g/mol. The standard InChI is InChI=1S/C19H23NO2/c1-14(2)11-12-22-18-6-4-5-16(13-18)19(21)20-17-9-7-15(3)8-10-17/h4-10,13-14H,11-12H2,1-3H3,(H,20,21). The third-order valence-corrected chi connectivity index (χ3v) is 3.37. The first-order valence-corrected chi connectivity index (χ1v) is 7.65. The quantitative estimate of drug-likeness (QED) is 0.841. The Labute approximate surface area is 132 Å². The molecule has 0 radical (unpaired) electrons. The van der Waals surface area contributed by atoms with Crippen molar-refractivity contribution >= 4 is 11.6 Å². The third kappa shape index (κ3) is 4.92. The van der Waals surface area contributed by atoms with Crippen LogP contribution in [0.2, 0.25) is 0 Å². The molecule has 0 aliphatic heterocycles. The summed E-state index contributed by atoms with van der Waals surface area (Å²) in [6, 6.07) is 15.0. The molecule has 0 saturated carbocycles. The second-order valence-corrected chi connectivity index (χ2v) is 5.88. The Morgan fingerprint density at radius 2 is 1.86 bits per heavy atom. The molecule has 0 fully saturated rings. The summed E-state index contributed by atoms with van der Waals surface area (Å²) >= 11 is 0. The first kappa shape index (κ1) is 16.1. The number of hydrogen-bond acceptors (Lipinski definition) is 2. The number of anilines is 1. The summed E-state index contributed by atoms with van der Waals surface area (Å²) in [5.41, 5.74) is 2.56. The Bertz CT molecular complexity index is 618. The third-order valence-electron chi connectivity index (χ3n) is 3.37. The number of nitrogens with one attached hydrogen (secondary N) is 1. The molecule has 0 saturated heterocycles. The molecule has 1 N–H and O–H groups in total. The van der Waals surface area contributed by atoms with Crippen LogP contribution in [0, 0.1) is 12.8 Å². The highest BCUT2D eigenvalue weighted by molar-refractivity contribution is 6.04. The minimum absolute atomic E-state index is 0.127. The number of carbonyl (C=O) groups is 1. The van der Waals surface area contributed by atoms with Crippen LogP contribution in [0.5, 0.6) is 5.75 Å². The molecule has 1 amide bonds. The molecule has 0 unspecified atom stereocenters. The molecular weight excluding hydrogens is 274 g/mol. The van der Waals surface area contributed by atoms with E-state index < -0.39 is 0 Å². The number of hydrogen-bond donors (Lipinski definition) is 1. The number of carbonyl (C=O) groups excluding carboxylic acids is 1. The summed E-state index contributed by atoms with van der Waals surface area (Å²) in [4.78, 5) is 12.3.